The molecule has 0 atom stereocenters. The van der Waals surface area contributed by atoms with Crippen LogP contribution in [0.4, 0.5) is 0 Å². The van der Waals surface area contributed by atoms with Crippen molar-refractivity contribution in [3.63, 3.8) is 0 Å². The molecule has 2 nitrogen and oxygen atoms in total. The summed E-state index contributed by atoms with van der Waals surface area (Å²) in [6.07, 6.45) is 5.12. The number of hydrogen-bond donors (Lipinski definition) is 1. The molecule has 2 rings (SSSR count). The zero-order chi connectivity index (χ0) is 11.1. The number of carboxylic acids is 1. The molecule has 2 heteroatoms. The first-order chi connectivity index (χ1) is 7.00. The summed E-state index contributed by atoms with van der Waals surface area (Å²) in [5.74, 6) is -0.866. The Bertz CT molecular complexity index is 442. The van der Waals surface area contributed by atoms with E-state index in [1.165, 1.54) is 5.56 Å². The molecule has 0 saturated heterocycles. The van der Waals surface area contributed by atoms with Crippen LogP contribution in [0.15, 0.2) is 24.3 Å². The second-order valence-corrected chi connectivity index (χ2v) is 4.60. The van der Waals surface area contributed by atoms with Gasteiger partial charge in [0, 0.05) is 0 Å². The summed E-state index contributed by atoms with van der Waals surface area (Å²) in [7, 11) is 0. The lowest BCUT2D eigenvalue weighted by molar-refractivity contribution is 0.0697. The van der Waals surface area contributed by atoms with Crippen LogP contribution in [0.1, 0.15) is 41.8 Å². The highest BCUT2D eigenvalue weighted by molar-refractivity contribution is 5.88. The lowest BCUT2D eigenvalue weighted by Gasteiger charge is -2.29. The Morgan fingerprint density at radius 3 is 2.80 bits per heavy atom. The van der Waals surface area contributed by atoms with Crippen LogP contribution in [-0.4, -0.2) is 11.1 Å². The van der Waals surface area contributed by atoms with E-state index < -0.39 is 5.97 Å². The molecule has 1 aliphatic carbocycles. The van der Waals surface area contributed by atoms with Gasteiger partial charge in [-0.2, -0.15) is 0 Å². The van der Waals surface area contributed by atoms with E-state index in [0.717, 1.165) is 12.0 Å². The van der Waals surface area contributed by atoms with Crippen molar-refractivity contribution in [2.75, 3.05) is 0 Å². The predicted octanol–water partition coefficient (Wildman–Crippen LogP) is 3.08. The van der Waals surface area contributed by atoms with Crippen molar-refractivity contribution in [1.82, 2.24) is 0 Å². The van der Waals surface area contributed by atoms with Gasteiger partial charge in [0.15, 0.2) is 0 Å². The topological polar surface area (TPSA) is 37.3 Å². The third-order valence-corrected chi connectivity index (χ3v) is 2.95. The van der Waals surface area contributed by atoms with E-state index >= 15 is 0 Å². The molecule has 1 N–H and O–H groups in total. The van der Waals surface area contributed by atoms with Crippen LogP contribution in [0, 0.1) is 0 Å². The zero-order valence-corrected chi connectivity index (χ0v) is 8.95. The minimum absolute atomic E-state index is 0.112. The maximum Gasteiger partial charge on any atom is 0.335 e. The summed E-state index contributed by atoms with van der Waals surface area (Å²) in [6, 6.07) is 5.36. The molecule has 1 aromatic carbocycles. The first-order valence-corrected chi connectivity index (χ1v) is 5.05. The Morgan fingerprint density at radius 2 is 2.13 bits per heavy atom. The Balaban J connectivity index is 2.56. The summed E-state index contributed by atoms with van der Waals surface area (Å²) in [5, 5.41) is 8.89. The number of hydrogen-bond acceptors (Lipinski definition) is 1. The average Bonchev–Trinajstić information content (AvgIpc) is 2.16. The van der Waals surface area contributed by atoms with Crippen LogP contribution in [-0.2, 0) is 5.41 Å². The molecule has 0 amide bonds. The van der Waals surface area contributed by atoms with Gasteiger partial charge in [0.1, 0.15) is 0 Å². The minimum Gasteiger partial charge on any atom is -0.478 e. The van der Waals surface area contributed by atoms with Gasteiger partial charge < -0.3 is 5.11 Å². The van der Waals surface area contributed by atoms with Crippen molar-refractivity contribution in [1.29, 1.82) is 0 Å². The standard InChI is InChI=1S/C13H14O2/c1-13(2)7-3-4-9-8-10(12(14)15)5-6-11(9)13/h3-6,8H,7H2,1-2H3,(H,14,15). The molecule has 78 valence electrons. The molecule has 0 radical (unpaired) electrons. The second kappa shape index (κ2) is 3.23. The van der Waals surface area contributed by atoms with E-state index in [9.17, 15) is 4.79 Å². The van der Waals surface area contributed by atoms with E-state index in [-0.39, 0.29) is 5.41 Å². The van der Waals surface area contributed by atoms with Gasteiger partial charge in [0.2, 0.25) is 0 Å². The van der Waals surface area contributed by atoms with Crippen LogP contribution < -0.4 is 0 Å². The molecule has 15 heavy (non-hydrogen) atoms. The van der Waals surface area contributed by atoms with E-state index in [2.05, 4.69) is 19.9 Å². The van der Waals surface area contributed by atoms with Crippen LogP contribution in [0.5, 0.6) is 0 Å². The molecule has 0 aromatic heterocycles. The fraction of sp³-hybridized carbons (Fsp3) is 0.308. The third kappa shape index (κ3) is 1.67. The van der Waals surface area contributed by atoms with Crippen LogP contribution >= 0.6 is 0 Å². The Hall–Kier alpha value is -1.57. The molecule has 0 saturated carbocycles. The smallest absolute Gasteiger partial charge is 0.335 e. The van der Waals surface area contributed by atoms with E-state index in [4.69, 9.17) is 5.11 Å². The lowest BCUT2D eigenvalue weighted by Crippen LogP contribution is -2.20. The van der Waals surface area contributed by atoms with Crippen LogP contribution in [0.2, 0.25) is 0 Å². The van der Waals surface area contributed by atoms with Gasteiger partial charge in [0.25, 0.3) is 0 Å². The van der Waals surface area contributed by atoms with Crippen molar-refractivity contribution in [2.45, 2.75) is 25.7 Å². The molecule has 1 aromatic rings. The largest absolute Gasteiger partial charge is 0.478 e. The van der Waals surface area contributed by atoms with Gasteiger partial charge in [-0.3, -0.25) is 0 Å². The molecule has 0 fully saturated rings. The van der Waals surface area contributed by atoms with Gasteiger partial charge >= 0.3 is 5.97 Å². The fourth-order valence-corrected chi connectivity index (χ4v) is 2.04. The number of fused-ring (bicyclic) bond motifs is 1. The molecule has 0 unspecified atom stereocenters. The van der Waals surface area contributed by atoms with Crippen molar-refractivity contribution < 1.29 is 9.90 Å². The number of benzene rings is 1. The van der Waals surface area contributed by atoms with Crippen LogP contribution in [0.25, 0.3) is 6.08 Å². The summed E-state index contributed by atoms with van der Waals surface area (Å²) in [4.78, 5) is 10.8. The molecule has 0 bridgehead atoms. The SMILES string of the molecule is CC1(C)CC=Cc2cc(C(=O)O)ccc21. The number of aromatic carboxylic acids is 1. The highest BCUT2D eigenvalue weighted by Crippen LogP contribution is 2.35. The Labute approximate surface area is 89.2 Å². The van der Waals surface area contributed by atoms with Gasteiger partial charge in [-0.25, -0.2) is 4.79 Å². The highest BCUT2D eigenvalue weighted by atomic mass is 16.4. The summed E-state index contributed by atoms with van der Waals surface area (Å²) < 4.78 is 0. The van der Waals surface area contributed by atoms with Crippen molar-refractivity contribution >= 4 is 12.0 Å². The molecule has 1 aliphatic rings. The summed E-state index contributed by atoms with van der Waals surface area (Å²) >= 11 is 0. The third-order valence-electron chi connectivity index (χ3n) is 2.95. The number of rotatable bonds is 1. The normalized spacial score (nSPS) is 17.2. The lowest BCUT2D eigenvalue weighted by atomic mass is 9.75. The number of carboxylic acid groups (broad SMARTS) is 1. The molecular weight excluding hydrogens is 188 g/mol. The average molecular weight is 202 g/mol. The quantitative estimate of drug-likeness (QED) is 0.759. The maximum atomic E-state index is 10.8. The van der Waals surface area contributed by atoms with Crippen molar-refractivity contribution in [2.24, 2.45) is 0 Å². The summed E-state index contributed by atoms with van der Waals surface area (Å²) in [6.45, 7) is 4.35. The van der Waals surface area contributed by atoms with Gasteiger partial charge in [-0.1, -0.05) is 32.1 Å². The summed E-state index contributed by atoms with van der Waals surface area (Å²) in [5.41, 5.74) is 2.73. The minimum atomic E-state index is -0.866. The maximum absolute atomic E-state index is 10.8. The fourth-order valence-electron chi connectivity index (χ4n) is 2.04. The highest BCUT2D eigenvalue weighted by Gasteiger charge is 2.24. The predicted molar refractivity (Wildman–Crippen MR) is 60.1 cm³/mol. The number of carbonyl (C=O) groups is 1. The Kier molecular flexibility index (Phi) is 2.14. The van der Waals surface area contributed by atoms with Crippen molar-refractivity contribution in [3.8, 4) is 0 Å². The van der Waals surface area contributed by atoms with E-state index in [1.54, 1.807) is 12.1 Å². The molecule has 0 aliphatic heterocycles. The Morgan fingerprint density at radius 1 is 1.40 bits per heavy atom. The van der Waals surface area contributed by atoms with Gasteiger partial charge in [-0.05, 0) is 35.1 Å². The van der Waals surface area contributed by atoms with E-state index in [0.29, 0.717) is 5.56 Å². The zero-order valence-electron chi connectivity index (χ0n) is 8.95. The first-order valence-electron chi connectivity index (χ1n) is 5.05. The second-order valence-electron chi connectivity index (χ2n) is 4.60. The van der Waals surface area contributed by atoms with Crippen LogP contribution in [0.3, 0.4) is 0 Å². The molecule has 0 heterocycles. The monoisotopic (exact) mass is 202 g/mol. The number of allylic oxidation sites excluding steroid dienone is 1. The van der Waals surface area contributed by atoms with E-state index in [1.807, 2.05) is 12.1 Å². The molecule has 0 spiro atoms. The van der Waals surface area contributed by atoms with Crippen molar-refractivity contribution in [3.05, 3.63) is 41.0 Å². The molecular formula is C13H14O2. The van der Waals surface area contributed by atoms with Gasteiger partial charge in [0.05, 0.1) is 5.56 Å². The first kappa shape index (κ1) is 9.97. The van der Waals surface area contributed by atoms with Gasteiger partial charge in [-0.15, -0.1) is 0 Å².